The summed E-state index contributed by atoms with van der Waals surface area (Å²) in [4.78, 5) is 23.6. The van der Waals surface area contributed by atoms with Crippen molar-refractivity contribution in [2.45, 2.75) is 26.4 Å². The molecule has 0 saturated heterocycles. The van der Waals surface area contributed by atoms with Crippen LogP contribution in [-0.2, 0) is 4.74 Å². The van der Waals surface area contributed by atoms with E-state index in [0.717, 1.165) is 10.7 Å². The van der Waals surface area contributed by atoms with Crippen molar-refractivity contribution in [3.05, 3.63) is 28.4 Å². The van der Waals surface area contributed by atoms with Gasteiger partial charge >= 0.3 is 6.09 Å². The van der Waals surface area contributed by atoms with E-state index in [-0.39, 0.29) is 5.91 Å². The summed E-state index contributed by atoms with van der Waals surface area (Å²) in [5, 5.41) is 2.81. The van der Waals surface area contributed by atoms with Crippen molar-refractivity contribution in [2.75, 3.05) is 13.1 Å². The predicted molar refractivity (Wildman–Crippen MR) is 114 cm³/mol. The number of nitrogens with one attached hydrogen (secondary N) is 3. The van der Waals surface area contributed by atoms with Crippen LogP contribution in [-0.4, -0.2) is 30.7 Å². The fraction of sp³-hybridized carbons (Fsp3) is 0.429. The minimum absolute atomic E-state index is 0.134. The molecule has 0 heterocycles. The zero-order valence-corrected chi connectivity index (χ0v) is 19.4. The van der Waals surface area contributed by atoms with Crippen molar-refractivity contribution in [3.63, 3.8) is 0 Å². The highest BCUT2D eigenvalue weighted by Gasteiger charge is 2.16. The van der Waals surface area contributed by atoms with Crippen LogP contribution in [0, 0.1) is 10.7 Å². The van der Waals surface area contributed by atoms with E-state index in [0.29, 0.717) is 18.7 Å². The van der Waals surface area contributed by atoms with Crippen LogP contribution in [0.2, 0.25) is 0 Å². The highest BCUT2D eigenvalue weighted by Crippen LogP contribution is 2.22. The van der Waals surface area contributed by atoms with Crippen molar-refractivity contribution < 1.29 is 14.3 Å². The predicted octanol–water partition coefficient (Wildman–Crippen LogP) is 3.26. The second-order valence-corrected chi connectivity index (χ2v) is 9.05. The van der Waals surface area contributed by atoms with E-state index in [4.69, 9.17) is 4.74 Å². The smallest absolute Gasteiger partial charge is 0.422 e. The number of ether oxygens (including phenoxy) is 1. The maximum atomic E-state index is 12.2. The lowest BCUT2D eigenvalue weighted by molar-refractivity contribution is 0.0499. The third-order valence-electron chi connectivity index (χ3n) is 2.36. The van der Waals surface area contributed by atoms with E-state index < -0.39 is 11.7 Å². The Bertz CT molecular complexity index is 589. The molecule has 0 unspecified atom stereocenters. The molecule has 23 heavy (non-hydrogen) atoms. The van der Waals surface area contributed by atoms with Crippen molar-refractivity contribution in [3.8, 4) is 0 Å². The molecule has 6 nitrogen and oxygen atoms in total. The van der Waals surface area contributed by atoms with Crippen molar-refractivity contribution in [1.29, 1.82) is 0 Å². The average Bonchev–Trinajstić information content (AvgIpc) is 2.40. The van der Waals surface area contributed by atoms with Gasteiger partial charge in [-0.3, -0.25) is 10.2 Å². The van der Waals surface area contributed by atoms with Crippen LogP contribution in [0.25, 0.3) is 0 Å². The SMILES string of the molecule is CC(C)(C)OC(=O)NNCCNC(=O)c1cc(I)cc(I)c1I. The molecule has 0 bridgehead atoms. The molecule has 0 aliphatic rings. The minimum atomic E-state index is -0.550. The van der Waals surface area contributed by atoms with Gasteiger partial charge < -0.3 is 10.1 Å². The monoisotopic (exact) mass is 657 g/mol. The Hall–Kier alpha value is 0.110. The lowest BCUT2D eigenvalue weighted by atomic mass is 10.2. The number of halogens is 3. The molecule has 1 rings (SSSR count). The second-order valence-electron chi connectivity index (χ2n) is 5.56. The number of benzene rings is 1. The van der Waals surface area contributed by atoms with Gasteiger partial charge in [0.25, 0.3) is 5.91 Å². The summed E-state index contributed by atoms with van der Waals surface area (Å²) in [5.41, 5.74) is 5.24. The standard InChI is InChI=1S/C14H18I3N3O3/c1-14(2,3)23-13(22)20-19-5-4-18-12(21)9-6-8(15)7-10(16)11(9)17/h6-7,19H,4-5H2,1-3H3,(H,18,21)(H,20,22). The van der Waals surface area contributed by atoms with Crippen LogP contribution >= 0.6 is 67.8 Å². The van der Waals surface area contributed by atoms with Crippen LogP contribution < -0.4 is 16.2 Å². The maximum Gasteiger partial charge on any atom is 0.422 e. The van der Waals surface area contributed by atoms with Gasteiger partial charge in [0.05, 0.1) is 5.56 Å². The Balaban J connectivity index is 2.37. The molecule has 0 fully saturated rings. The van der Waals surface area contributed by atoms with Crippen LogP contribution in [0.1, 0.15) is 31.1 Å². The molecule has 1 aromatic carbocycles. The Kier molecular flexibility index (Phi) is 8.79. The zero-order chi connectivity index (χ0) is 17.6. The number of hydrazine groups is 1. The number of amides is 2. The topological polar surface area (TPSA) is 79.5 Å². The number of carbonyl (C=O) groups excluding carboxylic acids is 2. The number of hydrogen-bond donors (Lipinski definition) is 3. The molecule has 1 aromatic rings. The van der Waals surface area contributed by atoms with Crippen LogP contribution in [0.3, 0.4) is 0 Å². The summed E-state index contributed by atoms with van der Waals surface area (Å²) in [7, 11) is 0. The quantitative estimate of drug-likeness (QED) is 0.197. The summed E-state index contributed by atoms with van der Waals surface area (Å²) in [6.45, 7) is 6.14. The highest BCUT2D eigenvalue weighted by molar-refractivity contribution is 14.1. The maximum absolute atomic E-state index is 12.2. The first-order valence-electron chi connectivity index (χ1n) is 6.75. The van der Waals surface area contributed by atoms with Gasteiger partial charge in [0.15, 0.2) is 0 Å². The van der Waals surface area contributed by atoms with Gasteiger partial charge in [0, 0.05) is 23.8 Å². The Morgan fingerprint density at radius 3 is 2.39 bits per heavy atom. The normalized spacial score (nSPS) is 11.0. The molecule has 3 N–H and O–H groups in total. The summed E-state index contributed by atoms with van der Waals surface area (Å²) in [5.74, 6) is -0.134. The van der Waals surface area contributed by atoms with E-state index in [1.54, 1.807) is 20.8 Å². The van der Waals surface area contributed by atoms with E-state index in [2.05, 4.69) is 83.9 Å². The first-order valence-corrected chi connectivity index (χ1v) is 9.98. The molecule has 0 radical (unpaired) electrons. The highest BCUT2D eigenvalue weighted by atomic mass is 127. The molecular formula is C14H18I3N3O3. The van der Waals surface area contributed by atoms with E-state index in [9.17, 15) is 9.59 Å². The first-order chi connectivity index (χ1) is 10.6. The molecule has 0 aliphatic heterocycles. The molecule has 0 aromatic heterocycles. The Morgan fingerprint density at radius 1 is 1.13 bits per heavy atom. The van der Waals surface area contributed by atoms with Gasteiger partial charge in [-0.2, -0.15) is 0 Å². The third-order valence-corrected chi connectivity index (χ3v) is 6.03. The van der Waals surface area contributed by atoms with Gasteiger partial charge in [-0.1, -0.05) is 0 Å². The first kappa shape index (κ1) is 21.2. The van der Waals surface area contributed by atoms with Crippen LogP contribution in [0.4, 0.5) is 4.79 Å². The summed E-state index contributed by atoms with van der Waals surface area (Å²) in [6.07, 6.45) is -0.550. The number of hydrogen-bond acceptors (Lipinski definition) is 4. The third kappa shape index (κ3) is 8.16. The van der Waals surface area contributed by atoms with Crippen molar-refractivity contribution >= 4 is 79.8 Å². The Morgan fingerprint density at radius 2 is 1.78 bits per heavy atom. The Labute approximate surface area is 176 Å². The molecule has 0 spiro atoms. The summed E-state index contributed by atoms with van der Waals surface area (Å²) < 4.78 is 8.07. The lowest BCUT2D eigenvalue weighted by Gasteiger charge is -2.19. The summed E-state index contributed by atoms with van der Waals surface area (Å²) >= 11 is 6.56. The van der Waals surface area contributed by atoms with Crippen molar-refractivity contribution in [2.24, 2.45) is 0 Å². The number of carbonyl (C=O) groups is 2. The molecule has 0 saturated carbocycles. The number of rotatable bonds is 5. The van der Waals surface area contributed by atoms with Gasteiger partial charge in [0.1, 0.15) is 5.60 Å². The molecule has 0 atom stereocenters. The molecule has 9 heteroatoms. The van der Waals surface area contributed by atoms with Gasteiger partial charge in [-0.05, 0) is 101 Å². The zero-order valence-electron chi connectivity index (χ0n) is 12.9. The van der Waals surface area contributed by atoms with Gasteiger partial charge in [-0.15, -0.1) is 0 Å². The molecule has 128 valence electrons. The molecule has 0 aliphatic carbocycles. The lowest BCUT2D eigenvalue weighted by Crippen LogP contribution is -2.44. The largest absolute Gasteiger partial charge is 0.443 e. The van der Waals surface area contributed by atoms with Gasteiger partial charge in [-0.25, -0.2) is 10.2 Å². The average molecular weight is 657 g/mol. The van der Waals surface area contributed by atoms with Crippen LogP contribution in [0.5, 0.6) is 0 Å². The minimum Gasteiger partial charge on any atom is -0.443 e. The van der Waals surface area contributed by atoms with E-state index >= 15 is 0 Å². The molecular weight excluding hydrogens is 639 g/mol. The van der Waals surface area contributed by atoms with Gasteiger partial charge in [0.2, 0.25) is 0 Å². The fourth-order valence-electron chi connectivity index (χ4n) is 1.49. The van der Waals surface area contributed by atoms with E-state index in [1.807, 2.05) is 12.1 Å². The van der Waals surface area contributed by atoms with Crippen molar-refractivity contribution in [1.82, 2.24) is 16.2 Å². The van der Waals surface area contributed by atoms with Crippen LogP contribution in [0.15, 0.2) is 12.1 Å². The second kappa shape index (κ2) is 9.56. The molecule has 2 amide bonds. The summed E-state index contributed by atoms with van der Waals surface area (Å²) in [6, 6.07) is 3.87. The fourth-order valence-corrected chi connectivity index (χ4v) is 3.89. The van der Waals surface area contributed by atoms with E-state index in [1.165, 1.54) is 0 Å².